The van der Waals surface area contributed by atoms with E-state index in [2.05, 4.69) is 15.0 Å². The molecule has 0 saturated carbocycles. The molecule has 1 unspecified atom stereocenters. The van der Waals surface area contributed by atoms with Gasteiger partial charge in [-0.05, 0) is 38.1 Å². The maximum absolute atomic E-state index is 12.4. The van der Waals surface area contributed by atoms with E-state index in [9.17, 15) is 18.0 Å². The molecule has 4 rings (SSSR count). The number of hydrogen-bond donors (Lipinski definition) is 2. The van der Waals surface area contributed by atoms with Gasteiger partial charge in [-0.2, -0.15) is 0 Å². The first kappa shape index (κ1) is 20.7. The van der Waals surface area contributed by atoms with Gasteiger partial charge in [0.2, 0.25) is 6.79 Å². The van der Waals surface area contributed by atoms with Crippen molar-refractivity contribution in [1.82, 2.24) is 4.72 Å². The number of hydrogen-bond acceptors (Lipinski definition) is 8. The van der Waals surface area contributed by atoms with E-state index in [0.717, 1.165) is 0 Å². The van der Waals surface area contributed by atoms with E-state index in [4.69, 9.17) is 14.2 Å². The van der Waals surface area contributed by atoms with Gasteiger partial charge >= 0.3 is 5.97 Å². The molecule has 10 nitrogen and oxygen atoms in total. The Morgan fingerprint density at radius 2 is 1.87 bits per heavy atom. The lowest BCUT2D eigenvalue weighted by Crippen LogP contribution is -2.33. The van der Waals surface area contributed by atoms with Gasteiger partial charge in [0.05, 0.1) is 4.90 Å². The number of aliphatic imine (C=N–C) groups is 1. The molecule has 2 heterocycles. The molecule has 2 aromatic carbocycles. The summed E-state index contributed by atoms with van der Waals surface area (Å²) in [5.74, 6) is -0.179. The SMILES string of the molecule is CC(OC(=O)[C@H](C)N=C1NS(=O)(=O)c2ccccc21)C(=O)Nc1ccc2c(c1)OCO2. The van der Waals surface area contributed by atoms with E-state index in [0.29, 0.717) is 22.7 Å². The summed E-state index contributed by atoms with van der Waals surface area (Å²) >= 11 is 0. The molecule has 0 aromatic heterocycles. The normalized spacial score (nSPS) is 18.6. The van der Waals surface area contributed by atoms with Gasteiger partial charge in [-0.15, -0.1) is 0 Å². The minimum absolute atomic E-state index is 0.0533. The van der Waals surface area contributed by atoms with Gasteiger partial charge in [0.25, 0.3) is 15.9 Å². The van der Waals surface area contributed by atoms with E-state index in [1.165, 1.54) is 19.9 Å². The average molecular weight is 445 g/mol. The van der Waals surface area contributed by atoms with Crippen molar-refractivity contribution in [3.63, 3.8) is 0 Å². The van der Waals surface area contributed by atoms with Gasteiger partial charge in [-0.1, -0.05) is 12.1 Å². The Hall–Kier alpha value is -3.60. The molecule has 0 saturated heterocycles. The van der Waals surface area contributed by atoms with Crippen molar-refractivity contribution in [2.45, 2.75) is 30.9 Å². The van der Waals surface area contributed by atoms with E-state index in [1.807, 2.05) is 0 Å². The molecule has 2 aromatic rings. The van der Waals surface area contributed by atoms with Crippen molar-refractivity contribution in [2.24, 2.45) is 4.99 Å². The number of nitrogens with one attached hydrogen (secondary N) is 2. The van der Waals surface area contributed by atoms with Crippen molar-refractivity contribution in [3.05, 3.63) is 48.0 Å². The highest BCUT2D eigenvalue weighted by atomic mass is 32.2. The van der Waals surface area contributed by atoms with Crippen molar-refractivity contribution in [1.29, 1.82) is 0 Å². The summed E-state index contributed by atoms with van der Waals surface area (Å²) in [4.78, 5) is 29.0. The lowest BCUT2D eigenvalue weighted by Gasteiger charge is -2.15. The largest absolute Gasteiger partial charge is 0.454 e. The molecule has 2 atom stereocenters. The lowest BCUT2D eigenvalue weighted by molar-refractivity contribution is -0.153. The van der Waals surface area contributed by atoms with Crippen LogP contribution in [-0.4, -0.2) is 45.1 Å². The van der Waals surface area contributed by atoms with Gasteiger partial charge in [-0.3, -0.25) is 14.5 Å². The molecule has 0 radical (unpaired) electrons. The van der Waals surface area contributed by atoms with Crippen LogP contribution < -0.4 is 19.5 Å². The van der Waals surface area contributed by atoms with Crippen LogP contribution in [-0.2, 0) is 24.3 Å². The second-order valence-corrected chi connectivity index (χ2v) is 8.54. The molecule has 2 aliphatic heterocycles. The number of fused-ring (bicyclic) bond motifs is 2. The number of anilines is 1. The fourth-order valence-electron chi connectivity index (χ4n) is 3.02. The molecule has 11 heteroatoms. The second-order valence-electron chi connectivity index (χ2n) is 6.89. The van der Waals surface area contributed by atoms with Crippen LogP contribution in [0.1, 0.15) is 19.4 Å². The number of esters is 1. The molecule has 162 valence electrons. The van der Waals surface area contributed by atoms with Gasteiger partial charge in [-0.25, -0.2) is 13.2 Å². The zero-order chi connectivity index (χ0) is 22.2. The molecule has 31 heavy (non-hydrogen) atoms. The van der Waals surface area contributed by atoms with Gasteiger partial charge < -0.3 is 19.5 Å². The van der Waals surface area contributed by atoms with Gasteiger partial charge in [0.1, 0.15) is 11.9 Å². The Bertz CT molecular complexity index is 1190. The number of amides is 1. The van der Waals surface area contributed by atoms with E-state index >= 15 is 0 Å². The molecule has 0 aliphatic carbocycles. The number of benzene rings is 2. The third-order valence-corrected chi connectivity index (χ3v) is 6.03. The predicted molar refractivity (Wildman–Crippen MR) is 110 cm³/mol. The Balaban J connectivity index is 1.40. The number of nitrogens with zero attached hydrogens (tertiary/aromatic N) is 1. The maximum atomic E-state index is 12.4. The highest BCUT2D eigenvalue weighted by molar-refractivity contribution is 7.90. The summed E-state index contributed by atoms with van der Waals surface area (Å²) in [5, 5.41) is 2.63. The second kappa shape index (κ2) is 7.91. The number of ether oxygens (including phenoxy) is 3. The molecule has 2 N–H and O–H groups in total. The molecule has 0 bridgehead atoms. The highest BCUT2D eigenvalue weighted by Crippen LogP contribution is 2.34. The third-order valence-electron chi connectivity index (χ3n) is 4.63. The minimum Gasteiger partial charge on any atom is -0.454 e. The number of rotatable bonds is 5. The molecule has 2 aliphatic rings. The average Bonchev–Trinajstić information content (AvgIpc) is 3.30. The number of amidine groups is 1. The van der Waals surface area contributed by atoms with E-state index < -0.39 is 34.0 Å². The fourth-order valence-corrected chi connectivity index (χ4v) is 4.26. The van der Waals surface area contributed by atoms with Crippen LogP contribution in [0.3, 0.4) is 0 Å². The Labute approximate surface area is 178 Å². The first-order valence-electron chi connectivity index (χ1n) is 9.35. The molecule has 0 spiro atoms. The monoisotopic (exact) mass is 445 g/mol. The molecule has 0 fully saturated rings. The Morgan fingerprint density at radius 3 is 2.68 bits per heavy atom. The van der Waals surface area contributed by atoms with E-state index in [1.54, 1.807) is 36.4 Å². The van der Waals surface area contributed by atoms with Crippen LogP contribution >= 0.6 is 0 Å². The van der Waals surface area contributed by atoms with Crippen LogP contribution in [0.15, 0.2) is 52.4 Å². The van der Waals surface area contributed by atoms with Crippen LogP contribution in [0.5, 0.6) is 11.5 Å². The minimum atomic E-state index is -3.72. The lowest BCUT2D eigenvalue weighted by atomic mass is 10.2. The first-order valence-corrected chi connectivity index (χ1v) is 10.8. The molecule has 1 amide bonds. The molecular weight excluding hydrogens is 426 g/mol. The van der Waals surface area contributed by atoms with E-state index in [-0.39, 0.29) is 17.5 Å². The first-order chi connectivity index (χ1) is 14.7. The summed E-state index contributed by atoms with van der Waals surface area (Å²) in [7, 11) is -3.72. The standard InChI is InChI=1S/C20H19N3O7S/c1-11(21-18-14-5-3-4-6-17(14)31(26,27)23-18)20(25)30-12(2)19(24)22-13-7-8-15-16(9-13)29-10-28-15/h3-9,11-12H,10H2,1-2H3,(H,21,23)(H,22,24)/t11-,12?/m0/s1. The van der Waals surface area contributed by atoms with Crippen LogP contribution in [0.4, 0.5) is 5.69 Å². The highest BCUT2D eigenvalue weighted by Gasteiger charge is 2.31. The van der Waals surface area contributed by atoms with Crippen LogP contribution in [0.25, 0.3) is 0 Å². The summed E-state index contributed by atoms with van der Waals surface area (Å²) in [6.07, 6.45) is -1.10. The zero-order valence-electron chi connectivity index (χ0n) is 16.6. The molecular formula is C20H19N3O7S. The van der Waals surface area contributed by atoms with Crippen molar-refractivity contribution >= 4 is 33.4 Å². The number of sulfonamides is 1. The summed E-state index contributed by atoms with van der Waals surface area (Å²) in [5.41, 5.74) is 0.832. The maximum Gasteiger partial charge on any atom is 0.331 e. The predicted octanol–water partition coefficient (Wildman–Crippen LogP) is 1.41. The Kier molecular flexibility index (Phi) is 5.27. The van der Waals surface area contributed by atoms with Crippen molar-refractivity contribution in [2.75, 3.05) is 12.1 Å². The van der Waals surface area contributed by atoms with Gasteiger partial charge in [0, 0.05) is 17.3 Å². The summed E-state index contributed by atoms with van der Waals surface area (Å²) in [6.45, 7) is 2.99. The van der Waals surface area contributed by atoms with Crippen LogP contribution in [0, 0.1) is 0 Å². The number of carbonyl (C=O) groups excluding carboxylic acids is 2. The number of carbonyl (C=O) groups is 2. The quantitative estimate of drug-likeness (QED) is 0.665. The Morgan fingerprint density at radius 1 is 1.13 bits per heavy atom. The fraction of sp³-hybridized carbons (Fsp3) is 0.250. The van der Waals surface area contributed by atoms with Gasteiger partial charge in [0.15, 0.2) is 17.6 Å². The zero-order valence-corrected chi connectivity index (χ0v) is 17.4. The topological polar surface area (TPSA) is 132 Å². The van der Waals surface area contributed by atoms with Crippen molar-refractivity contribution < 1.29 is 32.2 Å². The summed E-state index contributed by atoms with van der Waals surface area (Å²) in [6, 6.07) is 10.2. The van der Waals surface area contributed by atoms with Crippen LogP contribution in [0.2, 0.25) is 0 Å². The van der Waals surface area contributed by atoms with Crippen molar-refractivity contribution in [3.8, 4) is 11.5 Å². The smallest absolute Gasteiger partial charge is 0.331 e. The summed E-state index contributed by atoms with van der Waals surface area (Å²) < 4.78 is 42.3. The third kappa shape index (κ3) is 4.17.